The summed E-state index contributed by atoms with van der Waals surface area (Å²) in [5.74, 6) is 0.648. The number of nitrogens with one attached hydrogen (secondary N) is 1. The Hall–Kier alpha value is -2.98. The van der Waals surface area contributed by atoms with E-state index in [9.17, 15) is 0 Å². The lowest BCUT2D eigenvalue weighted by Crippen LogP contribution is -2.35. The Kier molecular flexibility index (Phi) is 10.8. The molecule has 10 heteroatoms. The zero-order valence-electron chi connectivity index (χ0n) is 20.5. The number of aliphatic imine (C=N–C) groups is 2. The molecule has 33 heavy (non-hydrogen) atoms. The molecule has 9 nitrogen and oxygen atoms in total. The van der Waals surface area contributed by atoms with Crippen molar-refractivity contribution < 1.29 is 0 Å². The second kappa shape index (κ2) is 13.5. The van der Waals surface area contributed by atoms with Crippen molar-refractivity contribution in [2.24, 2.45) is 15.7 Å². The van der Waals surface area contributed by atoms with Crippen molar-refractivity contribution in [1.82, 2.24) is 24.5 Å². The summed E-state index contributed by atoms with van der Waals surface area (Å²) in [7, 11) is 3.70. The fourth-order valence-corrected chi connectivity index (χ4v) is 3.80. The van der Waals surface area contributed by atoms with Crippen LogP contribution in [0.15, 0.2) is 46.9 Å². The maximum absolute atomic E-state index is 5.78. The molecule has 0 aliphatic carbocycles. The highest BCUT2D eigenvalue weighted by Gasteiger charge is 2.11. The van der Waals surface area contributed by atoms with Crippen LogP contribution in [0.5, 0.6) is 0 Å². The molecule has 0 amide bonds. The molecule has 2 aromatic rings. The Morgan fingerprint density at radius 1 is 1.39 bits per heavy atom. The van der Waals surface area contributed by atoms with E-state index in [1.165, 1.54) is 11.5 Å². The van der Waals surface area contributed by atoms with Crippen molar-refractivity contribution in [3.05, 3.63) is 48.2 Å². The first-order chi connectivity index (χ1) is 15.9. The molecule has 0 atom stereocenters. The van der Waals surface area contributed by atoms with Crippen LogP contribution in [0.1, 0.15) is 44.4 Å². The first-order valence-corrected chi connectivity index (χ1v) is 12.0. The highest BCUT2D eigenvalue weighted by molar-refractivity contribution is 7.10. The molecule has 2 heterocycles. The summed E-state index contributed by atoms with van der Waals surface area (Å²) in [6, 6.07) is 1.95. The summed E-state index contributed by atoms with van der Waals surface area (Å²) < 4.78 is 4.30. The van der Waals surface area contributed by atoms with Gasteiger partial charge in [0.15, 0.2) is 0 Å². The second-order valence-electron chi connectivity index (χ2n) is 7.62. The fourth-order valence-electron chi connectivity index (χ4n) is 3.14. The second-order valence-corrected chi connectivity index (χ2v) is 8.40. The molecular formula is C23H37N9S. The normalized spacial score (nSPS) is 12.4. The summed E-state index contributed by atoms with van der Waals surface area (Å²) in [5.41, 5.74) is 9.51. The Balaban J connectivity index is 2.22. The molecule has 0 aliphatic rings. The van der Waals surface area contributed by atoms with Crippen LogP contribution < -0.4 is 16.1 Å². The van der Waals surface area contributed by atoms with Gasteiger partial charge in [0.25, 0.3) is 0 Å². The first-order valence-electron chi connectivity index (χ1n) is 11.3. The average molecular weight is 472 g/mol. The van der Waals surface area contributed by atoms with Gasteiger partial charge in [0.1, 0.15) is 10.8 Å². The Labute approximate surface area is 201 Å². The maximum atomic E-state index is 5.78. The van der Waals surface area contributed by atoms with Gasteiger partial charge in [-0.3, -0.25) is 10.0 Å². The largest absolute Gasteiger partial charge is 0.349 e. The van der Waals surface area contributed by atoms with Crippen LogP contribution in [-0.2, 0) is 0 Å². The fraction of sp³-hybridized carbons (Fsp3) is 0.478. The van der Waals surface area contributed by atoms with Crippen molar-refractivity contribution >= 4 is 34.3 Å². The SMILES string of the molecule is C=C(c1cnn(N(CC)CCC)c1)N(C)/C=C(/CCCN)N/C(C=NC)=N/c1cc(C)ns1. The molecule has 0 radical (unpaired) electrons. The van der Waals surface area contributed by atoms with Crippen molar-refractivity contribution in [3.63, 3.8) is 0 Å². The zero-order valence-corrected chi connectivity index (χ0v) is 21.3. The van der Waals surface area contributed by atoms with Crippen LogP contribution in [0.4, 0.5) is 5.00 Å². The van der Waals surface area contributed by atoms with Crippen molar-refractivity contribution in [2.45, 2.75) is 40.0 Å². The average Bonchev–Trinajstić information content (AvgIpc) is 3.44. The van der Waals surface area contributed by atoms with Gasteiger partial charge in [0.2, 0.25) is 0 Å². The highest BCUT2D eigenvalue weighted by atomic mass is 32.1. The summed E-state index contributed by atoms with van der Waals surface area (Å²) in [4.78, 5) is 12.7. The lowest BCUT2D eigenvalue weighted by atomic mass is 10.2. The monoisotopic (exact) mass is 471 g/mol. The van der Waals surface area contributed by atoms with Crippen LogP contribution in [0.25, 0.3) is 5.70 Å². The number of nitrogens with zero attached hydrogens (tertiary/aromatic N) is 7. The van der Waals surface area contributed by atoms with Gasteiger partial charge < -0.3 is 16.0 Å². The lowest BCUT2D eigenvalue weighted by Gasteiger charge is -2.22. The smallest absolute Gasteiger partial charge is 0.149 e. The number of aryl methyl sites for hydroxylation is 1. The predicted octanol–water partition coefficient (Wildman–Crippen LogP) is 3.52. The summed E-state index contributed by atoms with van der Waals surface area (Å²) in [5, 5.41) is 10.9. The first kappa shape index (κ1) is 26.3. The number of rotatable bonds is 13. The van der Waals surface area contributed by atoms with Crippen molar-refractivity contribution in [1.29, 1.82) is 0 Å². The van der Waals surface area contributed by atoms with Gasteiger partial charge in [-0.15, -0.1) is 0 Å². The minimum atomic E-state index is 0.600. The van der Waals surface area contributed by atoms with Crippen LogP contribution in [0.2, 0.25) is 0 Å². The van der Waals surface area contributed by atoms with E-state index < -0.39 is 0 Å². The maximum Gasteiger partial charge on any atom is 0.149 e. The number of hydrogen-bond donors (Lipinski definition) is 2. The number of hydrogen-bond acceptors (Lipinski definition) is 8. The minimum absolute atomic E-state index is 0.600. The molecule has 3 N–H and O–H groups in total. The number of amidine groups is 1. The van der Waals surface area contributed by atoms with Gasteiger partial charge >= 0.3 is 0 Å². The standard InChI is InChI=1S/C23H37N9S/c1-7-12-31(8-2)32-16-20(14-26-32)19(4)30(6)17-21(10-9-11-24)27-22(15-25-5)28-23-13-18(3)29-33-23/h13-17H,4,7-12,24H2,1-3,5-6H3,(H,27,28)/b21-17-,25-15?. The molecule has 0 unspecified atom stereocenters. The molecule has 2 aromatic heterocycles. The van der Waals surface area contributed by atoms with Crippen molar-refractivity contribution in [3.8, 4) is 0 Å². The summed E-state index contributed by atoms with van der Waals surface area (Å²) >= 11 is 1.36. The Morgan fingerprint density at radius 3 is 2.79 bits per heavy atom. The molecule has 0 aliphatic heterocycles. The predicted molar refractivity (Wildman–Crippen MR) is 141 cm³/mol. The van der Waals surface area contributed by atoms with E-state index in [0.717, 1.165) is 60.0 Å². The van der Waals surface area contributed by atoms with Crippen LogP contribution in [0, 0.1) is 6.92 Å². The molecule has 180 valence electrons. The van der Waals surface area contributed by atoms with Gasteiger partial charge in [0, 0.05) is 50.3 Å². The molecule has 0 aromatic carbocycles. The zero-order chi connectivity index (χ0) is 24.2. The Bertz CT molecular complexity index is 970. The molecular weight excluding hydrogens is 434 g/mol. The van der Waals surface area contributed by atoms with Gasteiger partial charge in [-0.05, 0) is 57.3 Å². The number of allylic oxidation sites excluding steroid dienone is 1. The van der Waals surface area contributed by atoms with Gasteiger partial charge in [-0.25, -0.2) is 4.99 Å². The molecule has 2 rings (SSSR count). The lowest BCUT2D eigenvalue weighted by molar-refractivity contribution is 0.537. The van der Waals surface area contributed by atoms with E-state index in [4.69, 9.17) is 5.73 Å². The topological polar surface area (TPSA) is 100.0 Å². The highest BCUT2D eigenvalue weighted by Crippen LogP contribution is 2.20. The summed E-state index contributed by atoms with van der Waals surface area (Å²) in [6.45, 7) is 13.0. The third-order valence-electron chi connectivity index (χ3n) is 4.85. The van der Waals surface area contributed by atoms with Crippen LogP contribution in [-0.4, -0.2) is 64.9 Å². The molecule has 0 spiro atoms. The third-order valence-corrected chi connectivity index (χ3v) is 5.63. The van der Waals surface area contributed by atoms with Crippen LogP contribution >= 0.6 is 11.5 Å². The van der Waals surface area contributed by atoms with Gasteiger partial charge in [-0.1, -0.05) is 13.5 Å². The van der Waals surface area contributed by atoms with E-state index in [0.29, 0.717) is 12.4 Å². The number of aromatic nitrogens is 3. The van der Waals surface area contributed by atoms with Crippen LogP contribution in [0.3, 0.4) is 0 Å². The van der Waals surface area contributed by atoms with Gasteiger partial charge in [-0.2, -0.15) is 14.3 Å². The van der Waals surface area contributed by atoms with E-state index in [1.807, 2.05) is 48.3 Å². The van der Waals surface area contributed by atoms with E-state index in [2.05, 4.69) is 50.2 Å². The minimum Gasteiger partial charge on any atom is -0.349 e. The van der Waals surface area contributed by atoms with E-state index in [1.54, 1.807) is 13.3 Å². The van der Waals surface area contributed by atoms with Gasteiger partial charge in [0.05, 0.1) is 24.3 Å². The van der Waals surface area contributed by atoms with E-state index >= 15 is 0 Å². The quantitative estimate of drug-likeness (QED) is 0.342. The van der Waals surface area contributed by atoms with E-state index in [-0.39, 0.29) is 0 Å². The molecule has 0 saturated carbocycles. The number of nitrogens with two attached hydrogens (primary N) is 1. The third kappa shape index (κ3) is 8.14. The molecule has 0 saturated heterocycles. The summed E-state index contributed by atoms with van der Waals surface area (Å²) in [6.07, 6.45) is 10.3. The van der Waals surface area contributed by atoms with Crippen molar-refractivity contribution in [2.75, 3.05) is 38.7 Å². The molecule has 0 bridgehead atoms. The molecule has 0 fully saturated rings. The Morgan fingerprint density at radius 2 is 2.18 bits per heavy atom.